The van der Waals surface area contributed by atoms with Gasteiger partial charge in [0.05, 0.1) is 0 Å². The molecule has 12 heavy (non-hydrogen) atoms. The highest BCUT2D eigenvalue weighted by Gasteiger charge is 2.20. The number of nitrogens with one attached hydrogen (secondary N) is 1. The molecule has 2 N–H and O–H groups in total. The van der Waals surface area contributed by atoms with Crippen LogP contribution in [0.3, 0.4) is 0 Å². The van der Waals surface area contributed by atoms with Gasteiger partial charge in [-0.1, -0.05) is 0 Å². The molecule has 0 aliphatic heterocycles. The van der Waals surface area contributed by atoms with Gasteiger partial charge in [-0.3, -0.25) is 0 Å². The number of rotatable bonds is 2. The van der Waals surface area contributed by atoms with E-state index in [9.17, 15) is 4.79 Å². The Labute approximate surface area is 77.9 Å². The summed E-state index contributed by atoms with van der Waals surface area (Å²) in [6.45, 7) is 0. The Morgan fingerprint density at radius 3 is 2.42 bits per heavy atom. The number of carboxylic acid groups (broad SMARTS) is 1. The van der Waals surface area contributed by atoms with Crippen LogP contribution in [0.5, 0.6) is 0 Å². The van der Waals surface area contributed by atoms with E-state index in [0.717, 1.165) is 31.4 Å². The van der Waals surface area contributed by atoms with Crippen molar-refractivity contribution in [2.45, 2.75) is 31.7 Å². The van der Waals surface area contributed by atoms with Crippen molar-refractivity contribution < 1.29 is 9.90 Å². The van der Waals surface area contributed by atoms with Crippen molar-refractivity contribution in [2.24, 2.45) is 5.92 Å². The molecule has 0 aromatic carbocycles. The van der Waals surface area contributed by atoms with Gasteiger partial charge in [0.1, 0.15) is 0 Å². The Morgan fingerprint density at radius 1 is 1.42 bits per heavy atom. The molecule has 70 valence electrons. The first-order valence-corrected chi connectivity index (χ1v) is 4.96. The summed E-state index contributed by atoms with van der Waals surface area (Å²) in [4.78, 5) is 10.3. The Hall–Kier alpha value is -0.380. The zero-order chi connectivity index (χ0) is 8.97. The molecule has 1 saturated carbocycles. The lowest BCUT2D eigenvalue weighted by molar-refractivity contribution is 0.183. The predicted octanol–water partition coefficient (Wildman–Crippen LogP) is 1.74. The molecular weight excluding hydrogens is 174 g/mol. The van der Waals surface area contributed by atoms with E-state index in [1.54, 1.807) is 0 Å². The van der Waals surface area contributed by atoms with Crippen LogP contribution in [-0.2, 0) is 0 Å². The summed E-state index contributed by atoms with van der Waals surface area (Å²) in [5, 5.41) is 11.0. The lowest BCUT2D eigenvalue weighted by Gasteiger charge is -2.27. The van der Waals surface area contributed by atoms with Crippen molar-refractivity contribution in [2.75, 3.05) is 5.75 Å². The van der Waals surface area contributed by atoms with Crippen molar-refractivity contribution in [1.82, 2.24) is 5.32 Å². The average Bonchev–Trinajstić information content (AvgIpc) is 2.05. The Balaban J connectivity index is 2.21. The third-order valence-electron chi connectivity index (χ3n) is 2.43. The Morgan fingerprint density at radius 2 is 2.00 bits per heavy atom. The maximum Gasteiger partial charge on any atom is 0.404 e. The van der Waals surface area contributed by atoms with Crippen molar-refractivity contribution in [1.29, 1.82) is 0 Å². The maximum absolute atomic E-state index is 10.3. The summed E-state index contributed by atoms with van der Waals surface area (Å²) in [6.07, 6.45) is 3.25. The van der Waals surface area contributed by atoms with Crippen molar-refractivity contribution in [3.63, 3.8) is 0 Å². The van der Waals surface area contributed by atoms with Crippen molar-refractivity contribution >= 4 is 18.7 Å². The lowest BCUT2D eigenvalue weighted by Crippen LogP contribution is -2.36. The zero-order valence-electron chi connectivity index (χ0n) is 6.99. The van der Waals surface area contributed by atoms with Gasteiger partial charge in [0, 0.05) is 6.04 Å². The minimum atomic E-state index is -0.899. The smallest absolute Gasteiger partial charge is 0.404 e. The van der Waals surface area contributed by atoms with Crippen LogP contribution in [0.4, 0.5) is 4.79 Å². The molecule has 1 amide bonds. The molecule has 1 fully saturated rings. The van der Waals surface area contributed by atoms with Gasteiger partial charge in [-0.05, 0) is 37.4 Å². The third-order valence-corrected chi connectivity index (χ3v) is 2.95. The molecule has 0 radical (unpaired) electrons. The molecule has 1 aliphatic rings. The summed E-state index contributed by atoms with van der Waals surface area (Å²) in [5.74, 6) is 1.62. The Bertz CT molecular complexity index is 155. The SMILES string of the molecule is O=C(O)N[C@H]1CC[C@H](CS)CC1. The summed E-state index contributed by atoms with van der Waals surface area (Å²) in [6, 6.07) is 0.179. The van der Waals surface area contributed by atoms with Crippen LogP contribution in [-0.4, -0.2) is 23.0 Å². The van der Waals surface area contributed by atoms with Gasteiger partial charge in [0.15, 0.2) is 0 Å². The second-order valence-electron chi connectivity index (χ2n) is 3.35. The second kappa shape index (κ2) is 4.60. The van der Waals surface area contributed by atoms with Gasteiger partial charge in [-0.25, -0.2) is 4.79 Å². The first-order chi connectivity index (χ1) is 5.72. The van der Waals surface area contributed by atoms with Gasteiger partial charge >= 0.3 is 6.09 Å². The van der Waals surface area contributed by atoms with E-state index >= 15 is 0 Å². The van der Waals surface area contributed by atoms with E-state index in [1.165, 1.54) is 0 Å². The van der Waals surface area contributed by atoms with Crippen LogP contribution in [0.15, 0.2) is 0 Å². The topological polar surface area (TPSA) is 49.3 Å². The van der Waals surface area contributed by atoms with E-state index in [2.05, 4.69) is 17.9 Å². The van der Waals surface area contributed by atoms with E-state index in [-0.39, 0.29) is 6.04 Å². The molecule has 0 spiro atoms. The second-order valence-corrected chi connectivity index (χ2v) is 3.71. The van der Waals surface area contributed by atoms with Crippen molar-refractivity contribution in [3.8, 4) is 0 Å². The Kier molecular flexibility index (Phi) is 3.72. The highest BCUT2D eigenvalue weighted by Crippen LogP contribution is 2.24. The summed E-state index contributed by atoms with van der Waals surface area (Å²) < 4.78 is 0. The monoisotopic (exact) mass is 189 g/mol. The molecule has 1 rings (SSSR count). The average molecular weight is 189 g/mol. The van der Waals surface area contributed by atoms with Crippen LogP contribution in [0.1, 0.15) is 25.7 Å². The van der Waals surface area contributed by atoms with E-state index in [4.69, 9.17) is 5.11 Å². The normalized spacial score (nSPS) is 29.8. The summed E-state index contributed by atoms with van der Waals surface area (Å²) in [7, 11) is 0. The summed E-state index contributed by atoms with van der Waals surface area (Å²) >= 11 is 4.23. The van der Waals surface area contributed by atoms with Crippen molar-refractivity contribution in [3.05, 3.63) is 0 Å². The minimum absolute atomic E-state index is 0.179. The number of hydrogen-bond donors (Lipinski definition) is 3. The quantitative estimate of drug-likeness (QED) is 0.579. The van der Waals surface area contributed by atoms with Crippen LogP contribution in [0, 0.1) is 5.92 Å². The van der Waals surface area contributed by atoms with E-state index < -0.39 is 6.09 Å². The molecule has 4 heteroatoms. The zero-order valence-corrected chi connectivity index (χ0v) is 7.89. The molecule has 3 nitrogen and oxygen atoms in total. The fraction of sp³-hybridized carbons (Fsp3) is 0.875. The van der Waals surface area contributed by atoms with Gasteiger partial charge in [0.2, 0.25) is 0 Å². The predicted molar refractivity (Wildman–Crippen MR) is 50.8 cm³/mol. The fourth-order valence-electron chi connectivity index (χ4n) is 1.66. The highest BCUT2D eigenvalue weighted by molar-refractivity contribution is 7.80. The molecule has 0 saturated heterocycles. The minimum Gasteiger partial charge on any atom is -0.465 e. The first kappa shape index (κ1) is 9.71. The van der Waals surface area contributed by atoms with Crippen LogP contribution < -0.4 is 5.32 Å². The lowest BCUT2D eigenvalue weighted by atomic mass is 9.87. The molecule has 1 aliphatic carbocycles. The van der Waals surface area contributed by atoms with Crippen LogP contribution in [0.25, 0.3) is 0 Å². The fourth-order valence-corrected chi connectivity index (χ4v) is 2.03. The molecule has 0 aromatic heterocycles. The molecule has 0 bridgehead atoms. The van der Waals surface area contributed by atoms with Gasteiger partial charge in [-0.15, -0.1) is 0 Å². The van der Waals surface area contributed by atoms with Gasteiger partial charge in [0.25, 0.3) is 0 Å². The third kappa shape index (κ3) is 2.93. The van der Waals surface area contributed by atoms with Crippen LogP contribution in [0.2, 0.25) is 0 Å². The highest BCUT2D eigenvalue weighted by atomic mass is 32.1. The van der Waals surface area contributed by atoms with E-state index in [0.29, 0.717) is 5.92 Å². The number of amides is 1. The maximum atomic E-state index is 10.3. The largest absolute Gasteiger partial charge is 0.465 e. The molecule has 0 unspecified atom stereocenters. The first-order valence-electron chi connectivity index (χ1n) is 4.32. The standard InChI is InChI=1S/C8H15NO2S/c10-8(11)9-7-3-1-6(5-12)2-4-7/h6-7,9,12H,1-5H2,(H,10,11)/t6-,7-. The molecule has 0 atom stereocenters. The molecule has 0 aromatic rings. The summed E-state index contributed by atoms with van der Waals surface area (Å²) in [5.41, 5.74) is 0. The number of hydrogen-bond acceptors (Lipinski definition) is 2. The number of carbonyl (C=O) groups is 1. The molecule has 0 heterocycles. The molecular formula is C8H15NO2S. The van der Waals surface area contributed by atoms with Gasteiger partial charge in [-0.2, -0.15) is 12.6 Å². The van der Waals surface area contributed by atoms with Crippen LogP contribution >= 0.6 is 12.6 Å². The van der Waals surface area contributed by atoms with E-state index in [1.807, 2.05) is 0 Å². The number of thiol groups is 1. The van der Waals surface area contributed by atoms with Gasteiger partial charge < -0.3 is 10.4 Å².